The molecule has 0 amide bonds. The number of hydrogen-bond donors (Lipinski definition) is 2. The van der Waals surface area contributed by atoms with E-state index in [1.165, 1.54) is 0 Å². The molecule has 0 radical (unpaired) electrons. The van der Waals surface area contributed by atoms with Gasteiger partial charge in [-0.05, 0) is 56.0 Å². The van der Waals surface area contributed by atoms with E-state index in [9.17, 15) is 5.11 Å². The summed E-state index contributed by atoms with van der Waals surface area (Å²) in [5.41, 5.74) is 2.16. The van der Waals surface area contributed by atoms with Crippen LogP contribution in [0.4, 0.5) is 0 Å². The van der Waals surface area contributed by atoms with E-state index < -0.39 is 0 Å². The number of nitrogens with one attached hydrogen (secondary N) is 1. The molecule has 88 valence electrons. The van der Waals surface area contributed by atoms with Crippen LogP contribution in [0.2, 0.25) is 0 Å². The number of ether oxygens (including phenoxy) is 1. The molecule has 0 spiro atoms. The summed E-state index contributed by atoms with van der Waals surface area (Å²) in [5.74, 6) is 1.61. The average Bonchev–Trinajstić information content (AvgIpc) is 2.32. The number of methoxy groups -OCH3 is 1. The molecule has 2 N–H and O–H groups in total. The number of hydrogen-bond acceptors (Lipinski definition) is 3. The number of aryl methyl sites for hydroxylation is 1. The second-order valence-corrected chi connectivity index (χ2v) is 4.40. The van der Waals surface area contributed by atoms with Gasteiger partial charge in [0.2, 0.25) is 0 Å². The summed E-state index contributed by atoms with van der Waals surface area (Å²) in [7, 11) is 1.63. The Morgan fingerprint density at radius 2 is 2.00 bits per heavy atom. The van der Waals surface area contributed by atoms with Gasteiger partial charge in [-0.15, -0.1) is 0 Å². The topological polar surface area (TPSA) is 41.5 Å². The van der Waals surface area contributed by atoms with Gasteiger partial charge in [0.1, 0.15) is 11.5 Å². The second-order valence-electron chi connectivity index (χ2n) is 4.40. The summed E-state index contributed by atoms with van der Waals surface area (Å²) in [6.07, 6.45) is 2.19. The summed E-state index contributed by atoms with van der Waals surface area (Å²) < 4.78 is 5.20. The summed E-state index contributed by atoms with van der Waals surface area (Å²) >= 11 is 0. The van der Waals surface area contributed by atoms with Gasteiger partial charge >= 0.3 is 0 Å². The lowest BCUT2D eigenvalue weighted by Crippen LogP contribution is -2.26. The molecule has 0 bridgehead atoms. The van der Waals surface area contributed by atoms with Gasteiger partial charge in [0.15, 0.2) is 0 Å². The van der Waals surface area contributed by atoms with Crippen molar-refractivity contribution in [3.63, 3.8) is 0 Å². The molecule has 16 heavy (non-hydrogen) atoms. The molecule has 3 nitrogen and oxygen atoms in total. The first-order valence-corrected chi connectivity index (χ1v) is 5.80. The molecule has 0 saturated carbocycles. The summed E-state index contributed by atoms with van der Waals surface area (Å²) in [6, 6.07) is 3.79. The number of aromatic hydroxyl groups is 1. The molecule has 1 aliphatic heterocycles. The molecule has 1 fully saturated rings. The predicted octanol–water partition coefficient (Wildman–Crippen LogP) is 2.18. The third-order valence-corrected chi connectivity index (χ3v) is 3.32. The van der Waals surface area contributed by atoms with Crippen molar-refractivity contribution in [2.45, 2.75) is 25.7 Å². The molecule has 3 heteroatoms. The molecule has 0 aliphatic carbocycles. The van der Waals surface area contributed by atoms with E-state index in [0.29, 0.717) is 11.7 Å². The third-order valence-electron chi connectivity index (χ3n) is 3.32. The highest BCUT2D eigenvalue weighted by molar-refractivity contribution is 5.47. The van der Waals surface area contributed by atoms with Gasteiger partial charge in [-0.2, -0.15) is 0 Å². The first-order valence-electron chi connectivity index (χ1n) is 5.80. The maximum atomic E-state index is 10.00. The van der Waals surface area contributed by atoms with E-state index >= 15 is 0 Å². The Hall–Kier alpha value is -1.22. The summed E-state index contributed by atoms with van der Waals surface area (Å²) in [4.78, 5) is 0. The van der Waals surface area contributed by atoms with Crippen molar-refractivity contribution < 1.29 is 9.84 Å². The zero-order chi connectivity index (χ0) is 11.5. The molecule has 1 heterocycles. The van der Waals surface area contributed by atoms with Gasteiger partial charge in [0.05, 0.1) is 7.11 Å². The van der Waals surface area contributed by atoms with Crippen molar-refractivity contribution in [3.05, 3.63) is 23.3 Å². The maximum absolute atomic E-state index is 10.00. The summed E-state index contributed by atoms with van der Waals surface area (Å²) in [6.45, 7) is 4.09. The Balaban J connectivity index is 2.29. The van der Waals surface area contributed by atoms with Gasteiger partial charge in [-0.3, -0.25) is 0 Å². The van der Waals surface area contributed by atoms with Crippen molar-refractivity contribution in [2.75, 3.05) is 20.2 Å². The molecule has 1 aromatic carbocycles. The van der Waals surface area contributed by atoms with Crippen LogP contribution in [0.25, 0.3) is 0 Å². The maximum Gasteiger partial charge on any atom is 0.125 e. The predicted molar refractivity (Wildman–Crippen MR) is 64.2 cm³/mol. The fourth-order valence-corrected chi connectivity index (χ4v) is 2.38. The normalized spacial score (nSPS) is 17.4. The molecule has 1 aromatic rings. The lowest BCUT2D eigenvalue weighted by Gasteiger charge is -2.24. The lowest BCUT2D eigenvalue weighted by molar-refractivity contribution is 0.396. The zero-order valence-corrected chi connectivity index (χ0v) is 9.92. The van der Waals surface area contributed by atoms with Crippen molar-refractivity contribution in [1.82, 2.24) is 5.32 Å². The van der Waals surface area contributed by atoms with E-state index in [-0.39, 0.29) is 0 Å². The van der Waals surface area contributed by atoms with Crippen LogP contribution in [0.1, 0.15) is 29.9 Å². The van der Waals surface area contributed by atoms with Crippen LogP contribution in [0.3, 0.4) is 0 Å². The standard InChI is InChI=1S/C13H19NO2/c1-9-7-11(10-3-5-14-6-4-10)12(15)8-13(9)16-2/h7-8,10,14-15H,3-6H2,1-2H3. The highest BCUT2D eigenvalue weighted by Gasteiger charge is 2.19. The first-order chi connectivity index (χ1) is 7.72. The van der Waals surface area contributed by atoms with Crippen LogP contribution in [-0.2, 0) is 0 Å². The number of benzene rings is 1. The van der Waals surface area contributed by atoms with E-state index in [1.807, 2.05) is 6.92 Å². The minimum atomic E-state index is 0.370. The van der Waals surface area contributed by atoms with Crippen molar-refractivity contribution in [1.29, 1.82) is 0 Å². The molecule has 0 aromatic heterocycles. The fraction of sp³-hybridized carbons (Fsp3) is 0.538. The number of piperidine rings is 1. The van der Waals surface area contributed by atoms with Gasteiger partial charge in [-0.1, -0.05) is 0 Å². The fourth-order valence-electron chi connectivity index (χ4n) is 2.38. The highest BCUT2D eigenvalue weighted by atomic mass is 16.5. The Bertz CT molecular complexity index is 370. The Morgan fingerprint density at radius 3 is 2.62 bits per heavy atom. The van der Waals surface area contributed by atoms with Crippen LogP contribution in [0.5, 0.6) is 11.5 Å². The molecule has 1 saturated heterocycles. The zero-order valence-electron chi connectivity index (χ0n) is 9.92. The Kier molecular flexibility index (Phi) is 3.34. The Morgan fingerprint density at radius 1 is 1.31 bits per heavy atom. The van der Waals surface area contributed by atoms with Crippen LogP contribution in [0.15, 0.2) is 12.1 Å². The van der Waals surface area contributed by atoms with Gasteiger partial charge < -0.3 is 15.2 Å². The minimum absolute atomic E-state index is 0.370. The number of phenolic OH excluding ortho intramolecular Hbond substituents is 1. The van der Waals surface area contributed by atoms with Gasteiger partial charge in [-0.25, -0.2) is 0 Å². The van der Waals surface area contributed by atoms with E-state index in [4.69, 9.17) is 4.74 Å². The highest BCUT2D eigenvalue weighted by Crippen LogP contribution is 2.36. The van der Waals surface area contributed by atoms with Gasteiger partial charge in [0, 0.05) is 6.07 Å². The molecule has 2 rings (SSSR count). The molecular weight excluding hydrogens is 202 g/mol. The largest absolute Gasteiger partial charge is 0.508 e. The van der Waals surface area contributed by atoms with Crippen molar-refractivity contribution in [2.24, 2.45) is 0 Å². The molecule has 0 atom stereocenters. The van der Waals surface area contributed by atoms with Gasteiger partial charge in [0.25, 0.3) is 0 Å². The average molecular weight is 221 g/mol. The van der Waals surface area contributed by atoms with Crippen LogP contribution < -0.4 is 10.1 Å². The van der Waals surface area contributed by atoms with Crippen molar-refractivity contribution >= 4 is 0 Å². The first kappa shape index (κ1) is 11.3. The number of phenols is 1. The van der Waals surface area contributed by atoms with E-state index in [1.54, 1.807) is 13.2 Å². The summed E-state index contributed by atoms with van der Waals surface area (Å²) in [5, 5.41) is 13.3. The van der Waals surface area contributed by atoms with Crippen molar-refractivity contribution in [3.8, 4) is 11.5 Å². The smallest absolute Gasteiger partial charge is 0.125 e. The quantitative estimate of drug-likeness (QED) is 0.804. The SMILES string of the molecule is COc1cc(O)c(C2CCNCC2)cc1C. The lowest BCUT2D eigenvalue weighted by atomic mass is 9.88. The van der Waals surface area contributed by atoms with Crippen LogP contribution >= 0.6 is 0 Å². The van der Waals surface area contributed by atoms with E-state index in [0.717, 1.165) is 42.8 Å². The minimum Gasteiger partial charge on any atom is -0.508 e. The van der Waals surface area contributed by atoms with E-state index in [2.05, 4.69) is 11.4 Å². The van der Waals surface area contributed by atoms with Crippen LogP contribution in [-0.4, -0.2) is 25.3 Å². The Labute approximate surface area is 96.4 Å². The number of rotatable bonds is 2. The second kappa shape index (κ2) is 4.74. The molecular formula is C13H19NO2. The van der Waals surface area contributed by atoms with Crippen LogP contribution in [0, 0.1) is 6.92 Å². The molecule has 0 unspecified atom stereocenters. The third kappa shape index (κ3) is 2.14. The molecule has 1 aliphatic rings. The monoisotopic (exact) mass is 221 g/mol.